The Labute approximate surface area is 149 Å². The summed E-state index contributed by atoms with van der Waals surface area (Å²) in [4.78, 5) is 12.9. The van der Waals surface area contributed by atoms with E-state index < -0.39 is 11.2 Å². The Kier molecular flexibility index (Phi) is 3.86. The Bertz CT molecular complexity index is 653. The van der Waals surface area contributed by atoms with E-state index in [2.05, 4.69) is 10.6 Å². The van der Waals surface area contributed by atoms with Crippen LogP contribution in [0.15, 0.2) is 24.3 Å². The second kappa shape index (κ2) is 5.72. The van der Waals surface area contributed by atoms with E-state index in [9.17, 15) is 9.18 Å². The number of alkyl halides is 1. The van der Waals surface area contributed by atoms with Crippen LogP contribution in [0.1, 0.15) is 51.5 Å². The maximum atomic E-state index is 14.8. The first-order valence-corrected chi connectivity index (χ1v) is 9.59. The van der Waals surface area contributed by atoms with Crippen molar-refractivity contribution in [3.63, 3.8) is 0 Å². The molecule has 3 unspecified atom stereocenters. The molecule has 4 aliphatic carbocycles. The molecule has 5 rings (SSSR count). The van der Waals surface area contributed by atoms with Crippen LogP contribution in [0.5, 0.6) is 0 Å². The van der Waals surface area contributed by atoms with Crippen molar-refractivity contribution in [1.29, 1.82) is 0 Å². The summed E-state index contributed by atoms with van der Waals surface area (Å²) in [6, 6.07) is 8.22. The molecule has 136 valence electrons. The molecule has 0 saturated heterocycles. The van der Waals surface area contributed by atoms with Crippen molar-refractivity contribution in [3.05, 3.63) is 29.8 Å². The third kappa shape index (κ3) is 3.16. The molecule has 3 nitrogen and oxygen atoms in total. The molecule has 4 heteroatoms. The summed E-state index contributed by atoms with van der Waals surface area (Å²) in [7, 11) is 0. The number of hydrogen-bond acceptors (Lipinski definition) is 2. The van der Waals surface area contributed by atoms with Gasteiger partial charge in [-0.2, -0.15) is 0 Å². The molecule has 4 aliphatic rings. The van der Waals surface area contributed by atoms with Crippen molar-refractivity contribution in [1.82, 2.24) is 5.32 Å². The van der Waals surface area contributed by atoms with E-state index in [-0.39, 0.29) is 11.9 Å². The Morgan fingerprint density at radius 3 is 2.28 bits per heavy atom. The van der Waals surface area contributed by atoms with Gasteiger partial charge in [0, 0.05) is 11.7 Å². The number of amides is 1. The van der Waals surface area contributed by atoms with Gasteiger partial charge in [-0.15, -0.1) is 0 Å². The molecule has 4 fully saturated rings. The molecule has 0 radical (unpaired) electrons. The number of benzene rings is 1. The zero-order chi connectivity index (χ0) is 17.8. The maximum absolute atomic E-state index is 14.8. The summed E-state index contributed by atoms with van der Waals surface area (Å²) in [6.07, 6.45) is 4.19. The van der Waals surface area contributed by atoms with E-state index in [0.717, 1.165) is 24.9 Å². The van der Waals surface area contributed by atoms with E-state index in [4.69, 9.17) is 0 Å². The van der Waals surface area contributed by atoms with Crippen molar-refractivity contribution in [3.8, 4) is 0 Å². The van der Waals surface area contributed by atoms with Gasteiger partial charge in [-0.05, 0) is 82.8 Å². The number of halogens is 1. The van der Waals surface area contributed by atoms with Crippen molar-refractivity contribution >= 4 is 11.6 Å². The maximum Gasteiger partial charge on any atom is 0.245 e. The van der Waals surface area contributed by atoms with Gasteiger partial charge in [0.05, 0.1) is 0 Å². The van der Waals surface area contributed by atoms with E-state index in [0.29, 0.717) is 30.6 Å². The van der Waals surface area contributed by atoms with Crippen LogP contribution in [0.4, 0.5) is 10.1 Å². The number of aryl methyl sites for hydroxylation is 1. The van der Waals surface area contributed by atoms with Crippen LogP contribution in [0.2, 0.25) is 0 Å². The number of carbonyl (C=O) groups is 1. The van der Waals surface area contributed by atoms with E-state index >= 15 is 0 Å². The van der Waals surface area contributed by atoms with Crippen molar-refractivity contribution < 1.29 is 9.18 Å². The third-order valence-corrected chi connectivity index (χ3v) is 6.57. The SMILES string of the molecule is Cc1ccc(NC(C)(C)C(=O)NC2[C@@H]3CC4C[C@H]2CC(F)(C4)C3)cc1. The quantitative estimate of drug-likeness (QED) is 0.859. The summed E-state index contributed by atoms with van der Waals surface area (Å²) in [6.45, 7) is 5.87. The monoisotopic (exact) mass is 344 g/mol. The lowest BCUT2D eigenvalue weighted by molar-refractivity contribution is -0.133. The van der Waals surface area contributed by atoms with Gasteiger partial charge in [0.15, 0.2) is 0 Å². The summed E-state index contributed by atoms with van der Waals surface area (Å²) >= 11 is 0. The fourth-order valence-electron chi connectivity index (χ4n) is 5.55. The molecule has 4 saturated carbocycles. The molecule has 0 aromatic heterocycles. The van der Waals surface area contributed by atoms with Crippen LogP contribution in [-0.4, -0.2) is 23.2 Å². The summed E-state index contributed by atoms with van der Waals surface area (Å²) < 4.78 is 14.8. The van der Waals surface area contributed by atoms with Gasteiger partial charge in [-0.25, -0.2) is 4.39 Å². The Balaban J connectivity index is 1.43. The minimum Gasteiger partial charge on any atom is -0.372 e. The fourth-order valence-corrected chi connectivity index (χ4v) is 5.55. The summed E-state index contributed by atoms with van der Waals surface area (Å²) in [5.41, 5.74) is 0.491. The molecular formula is C21H29FN2O. The van der Waals surface area contributed by atoms with Crippen molar-refractivity contribution in [2.24, 2.45) is 17.8 Å². The number of carbonyl (C=O) groups excluding carboxylic acids is 1. The molecule has 5 atom stereocenters. The van der Waals surface area contributed by atoms with E-state index in [1.165, 1.54) is 5.56 Å². The van der Waals surface area contributed by atoms with Gasteiger partial charge in [-0.3, -0.25) is 4.79 Å². The molecular weight excluding hydrogens is 315 g/mol. The van der Waals surface area contributed by atoms with Crippen molar-refractivity contribution in [2.75, 3.05) is 5.32 Å². The molecule has 2 N–H and O–H groups in total. The van der Waals surface area contributed by atoms with Gasteiger partial charge in [-0.1, -0.05) is 17.7 Å². The van der Waals surface area contributed by atoms with Crippen molar-refractivity contribution in [2.45, 2.75) is 70.1 Å². The molecule has 1 amide bonds. The van der Waals surface area contributed by atoms with Gasteiger partial charge in [0.1, 0.15) is 11.2 Å². The van der Waals surface area contributed by atoms with Gasteiger partial charge < -0.3 is 10.6 Å². The summed E-state index contributed by atoms with van der Waals surface area (Å²) in [5, 5.41) is 6.62. The van der Waals surface area contributed by atoms with E-state index in [1.54, 1.807) is 0 Å². The largest absolute Gasteiger partial charge is 0.372 e. The molecule has 1 aromatic carbocycles. The lowest BCUT2D eigenvalue weighted by Gasteiger charge is -2.57. The van der Waals surface area contributed by atoms with Crippen LogP contribution in [-0.2, 0) is 4.79 Å². The second-order valence-corrected chi connectivity index (χ2v) is 9.24. The lowest BCUT2D eigenvalue weighted by Crippen LogP contribution is -2.63. The van der Waals surface area contributed by atoms with Crippen LogP contribution >= 0.6 is 0 Å². The number of nitrogens with one attached hydrogen (secondary N) is 2. The zero-order valence-electron chi connectivity index (χ0n) is 15.4. The fraction of sp³-hybridized carbons (Fsp3) is 0.667. The van der Waals surface area contributed by atoms with Gasteiger partial charge in [0.25, 0.3) is 0 Å². The predicted octanol–water partition coefficient (Wildman–Crippen LogP) is 4.22. The first-order valence-electron chi connectivity index (χ1n) is 9.59. The molecule has 25 heavy (non-hydrogen) atoms. The molecule has 1 aromatic rings. The van der Waals surface area contributed by atoms with Crippen LogP contribution in [0.25, 0.3) is 0 Å². The highest BCUT2D eigenvalue weighted by atomic mass is 19.1. The average molecular weight is 344 g/mol. The molecule has 4 bridgehead atoms. The van der Waals surface area contributed by atoms with Gasteiger partial charge >= 0.3 is 0 Å². The smallest absolute Gasteiger partial charge is 0.245 e. The minimum atomic E-state index is -0.951. The normalized spacial score (nSPS) is 36.3. The minimum absolute atomic E-state index is 0.0125. The highest BCUT2D eigenvalue weighted by Crippen LogP contribution is 2.57. The Hall–Kier alpha value is -1.58. The Morgan fingerprint density at radius 1 is 1.12 bits per heavy atom. The topological polar surface area (TPSA) is 41.1 Å². The standard InChI is InChI=1S/C21H29FN2O/c1-13-4-6-17(7-5-13)24-20(2,3)19(25)23-18-15-8-14-9-16(18)12-21(22,10-14)11-15/h4-7,14-16,18,24H,8-12H2,1-3H3,(H,23,25)/t14?,15-,16+,18?,21?. The first-order chi connectivity index (χ1) is 11.7. The highest BCUT2D eigenvalue weighted by Gasteiger charge is 2.56. The van der Waals surface area contributed by atoms with Crippen LogP contribution < -0.4 is 10.6 Å². The summed E-state index contributed by atoms with van der Waals surface area (Å²) in [5.74, 6) is 1.18. The lowest BCUT2D eigenvalue weighted by atomic mass is 9.53. The molecule has 0 heterocycles. The number of rotatable bonds is 4. The molecule has 0 spiro atoms. The van der Waals surface area contributed by atoms with Crippen LogP contribution in [0, 0.1) is 24.7 Å². The van der Waals surface area contributed by atoms with E-state index in [1.807, 2.05) is 45.0 Å². The predicted molar refractivity (Wildman–Crippen MR) is 98.2 cm³/mol. The Morgan fingerprint density at radius 2 is 1.72 bits per heavy atom. The average Bonchev–Trinajstić information content (AvgIpc) is 2.51. The van der Waals surface area contributed by atoms with Crippen LogP contribution in [0.3, 0.4) is 0 Å². The molecule has 0 aliphatic heterocycles. The third-order valence-electron chi connectivity index (χ3n) is 6.57. The number of hydrogen-bond donors (Lipinski definition) is 2. The number of anilines is 1. The first kappa shape index (κ1) is 16.9. The highest BCUT2D eigenvalue weighted by molar-refractivity contribution is 5.88. The second-order valence-electron chi connectivity index (χ2n) is 9.24. The van der Waals surface area contributed by atoms with Gasteiger partial charge in [0.2, 0.25) is 5.91 Å². The zero-order valence-corrected chi connectivity index (χ0v) is 15.4.